The molecule has 0 amide bonds. The lowest BCUT2D eigenvalue weighted by Crippen LogP contribution is -2.31. The van der Waals surface area contributed by atoms with Gasteiger partial charge >= 0.3 is 0 Å². The summed E-state index contributed by atoms with van der Waals surface area (Å²) in [5, 5.41) is 7.66. The Bertz CT molecular complexity index is 333. The number of aryl methyl sites for hydroxylation is 2. The smallest absolute Gasteiger partial charge is 0.163 e. The monoisotopic (exact) mass is 225 g/mol. The molecule has 0 aliphatic rings. The molecular formula is C12H23N3O. The summed E-state index contributed by atoms with van der Waals surface area (Å²) in [6.45, 7) is 10.1. The number of rotatable bonds is 6. The summed E-state index contributed by atoms with van der Waals surface area (Å²) >= 11 is 0. The van der Waals surface area contributed by atoms with E-state index in [0.29, 0.717) is 0 Å². The van der Waals surface area contributed by atoms with E-state index in [1.807, 2.05) is 25.6 Å². The summed E-state index contributed by atoms with van der Waals surface area (Å²) in [7, 11) is 1.94. The number of ether oxygens (including phenoxy) is 1. The van der Waals surface area contributed by atoms with E-state index in [0.717, 1.165) is 36.6 Å². The Balaban J connectivity index is 2.69. The molecule has 4 nitrogen and oxygen atoms in total. The van der Waals surface area contributed by atoms with Crippen molar-refractivity contribution in [2.24, 2.45) is 7.05 Å². The van der Waals surface area contributed by atoms with Gasteiger partial charge in [0.2, 0.25) is 0 Å². The van der Waals surface area contributed by atoms with Crippen LogP contribution in [0.3, 0.4) is 0 Å². The van der Waals surface area contributed by atoms with Crippen molar-refractivity contribution in [3.05, 3.63) is 11.4 Å². The highest BCUT2D eigenvalue weighted by Crippen LogP contribution is 2.23. The molecule has 0 saturated heterocycles. The average Bonchev–Trinajstić information content (AvgIpc) is 2.50. The number of nitrogens with one attached hydrogen (secondary N) is 1. The predicted octanol–water partition coefficient (Wildman–Crippen LogP) is 1.80. The van der Waals surface area contributed by atoms with Crippen molar-refractivity contribution in [1.29, 1.82) is 0 Å². The molecule has 1 N–H and O–H groups in total. The minimum Gasteiger partial charge on any atom is -0.485 e. The maximum atomic E-state index is 6.00. The molecule has 1 aromatic heterocycles. The van der Waals surface area contributed by atoms with Crippen molar-refractivity contribution in [1.82, 2.24) is 15.1 Å². The number of aromatic nitrogens is 2. The molecule has 0 spiro atoms. The normalized spacial score (nSPS) is 12.8. The topological polar surface area (TPSA) is 39.1 Å². The zero-order valence-corrected chi connectivity index (χ0v) is 11.0. The first-order valence-corrected chi connectivity index (χ1v) is 5.97. The molecule has 1 aromatic rings. The van der Waals surface area contributed by atoms with Gasteiger partial charge in [-0.15, -0.1) is 0 Å². The number of nitrogens with zero attached hydrogens (tertiary/aromatic N) is 2. The molecule has 1 heterocycles. The van der Waals surface area contributed by atoms with Gasteiger partial charge in [0.25, 0.3) is 0 Å². The minimum absolute atomic E-state index is 0.224. The first-order valence-electron chi connectivity index (χ1n) is 5.97. The molecule has 0 aromatic carbocycles. The maximum absolute atomic E-state index is 6.00. The summed E-state index contributed by atoms with van der Waals surface area (Å²) in [6, 6.07) is 0. The Hall–Kier alpha value is -1.03. The molecule has 16 heavy (non-hydrogen) atoms. The van der Waals surface area contributed by atoms with Crippen LogP contribution in [0.5, 0.6) is 5.75 Å². The summed E-state index contributed by atoms with van der Waals surface area (Å²) in [4.78, 5) is 0. The summed E-state index contributed by atoms with van der Waals surface area (Å²) in [5.41, 5.74) is 2.06. The molecule has 0 saturated carbocycles. The molecule has 0 radical (unpaired) electrons. The maximum Gasteiger partial charge on any atom is 0.163 e. The standard InChI is InChI=1S/C12H23N3O/c1-6-11(8-13-7-2)16-12-9(3)14-15(5)10(12)4/h11,13H,6-8H2,1-5H3. The van der Waals surface area contributed by atoms with Crippen molar-refractivity contribution in [2.45, 2.75) is 40.2 Å². The van der Waals surface area contributed by atoms with Gasteiger partial charge in [-0.25, -0.2) is 0 Å². The fourth-order valence-corrected chi connectivity index (χ4v) is 1.67. The van der Waals surface area contributed by atoms with Gasteiger partial charge in [-0.3, -0.25) is 4.68 Å². The van der Waals surface area contributed by atoms with Crippen LogP contribution in [0.15, 0.2) is 0 Å². The van der Waals surface area contributed by atoms with Crippen molar-refractivity contribution < 1.29 is 4.74 Å². The van der Waals surface area contributed by atoms with Crippen LogP contribution in [0.1, 0.15) is 31.7 Å². The molecule has 1 atom stereocenters. The van der Waals surface area contributed by atoms with Crippen LogP contribution in [0.25, 0.3) is 0 Å². The van der Waals surface area contributed by atoms with Crippen molar-refractivity contribution in [3.8, 4) is 5.75 Å². The molecule has 0 aliphatic carbocycles. The highest BCUT2D eigenvalue weighted by molar-refractivity contribution is 5.31. The Kier molecular flexibility index (Phi) is 4.80. The van der Waals surface area contributed by atoms with Crippen LogP contribution in [-0.2, 0) is 7.05 Å². The lowest BCUT2D eigenvalue weighted by Gasteiger charge is -2.18. The second-order valence-corrected chi connectivity index (χ2v) is 4.08. The van der Waals surface area contributed by atoms with Gasteiger partial charge in [0.15, 0.2) is 5.75 Å². The minimum atomic E-state index is 0.224. The molecule has 0 fully saturated rings. The fraction of sp³-hybridized carbons (Fsp3) is 0.750. The van der Waals surface area contributed by atoms with Crippen molar-refractivity contribution >= 4 is 0 Å². The number of hydrogen-bond acceptors (Lipinski definition) is 3. The Morgan fingerprint density at radius 2 is 2.06 bits per heavy atom. The van der Waals surface area contributed by atoms with E-state index < -0.39 is 0 Å². The van der Waals surface area contributed by atoms with Crippen LogP contribution < -0.4 is 10.1 Å². The molecule has 92 valence electrons. The van der Waals surface area contributed by atoms with Crippen LogP contribution in [0, 0.1) is 13.8 Å². The van der Waals surface area contributed by atoms with Gasteiger partial charge in [-0.05, 0) is 26.8 Å². The predicted molar refractivity (Wildman–Crippen MR) is 65.9 cm³/mol. The van der Waals surface area contributed by atoms with E-state index in [2.05, 4.69) is 24.3 Å². The largest absolute Gasteiger partial charge is 0.485 e. The molecule has 0 bridgehead atoms. The Labute approximate surface area is 98.0 Å². The zero-order valence-electron chi connectivity index (χ0n) is 11.0. The van der Waals surface area contributed by atoms with Gasteiger partial charge in [-0.1, -0.05) is 13.8 Å². The first-order chi connectivity index (χ1) is 7.60. The Morgan fingerprint density at radius 3 is 2.50 bits per heavy atom. The van der Waals surface area contributed by atoms with Gasteiger partial charge in [0, 0.05) is 13.6 Å². The van der Waals surface area contributed by atoms with Crippen LogP contribution in [0.2, 0.25) is 0 Å². The highest BCUT2D eigenvalue weighted by atomic mass is 16.5. The van der Waals surface area contributed by atoms with Gasteiger partial charge in [-0.2, -0.15) is 5.10 Å². The SMILES string of the molecule is CCNCC(CC)Oc1c(C)nn(C)c1C. The summed E-state index contributed by atoms with van der Waals surface area (Å²) in [6.07, 6.45) is 1.22. The van der Waals surface area contributed by atoms with Gasteiger partial charge in [0.05, 0.1) is 5.69 Å². The molecule has 4 heteroatoms. The fourth-order valence-electron chi connectivity index (χ4n) is 1.67. The van der Waals surface area contributed by atoms with Crippen LogP contribution in [-0.4, -0.2) is 29.0 Å². The average molecular weight is 225 g/mol. The van der Waals surface area contributed by atoms with Crippen LogP contribution in [0.4, 0.5) is 0 Å². The second kappa shape index (κ2) is 5.89. The highest BCUT2D eigenvalue weighted by Gasteiger charge is 2.15. The quantitative estimate of drug-likeness (QED) is 0.802. The van der Waals surface area contributed by atoms with E-state index in [9.17, 15) is 0 Å². The number of hydrogen-bond donors (Lipinski definition) is 1. The molecule has 1 unspecified atom stereocenters. The van der Waals surface area contributed by atoms with Gasteiger partial charge in [0.1, 0.15) is 11.8 Å². The molecule has 0 aliphatic heterocycles. The van der Waals surface area contributed by atoms with Crippen LogP contribution >= 0.6 is 0 Å². The number of likely N-dealkylation sites (N-methyl/N-ethyl adjacent to an activating group) is 1. The van der Waals surface area contributed by atoms with E-state index >= 15 is 0 Å². The third-order valence-electron chi connectivity index (χ3n) is 2.80. The Morgan fingerprint density at radius 1 is 1.38 bits per heavy atom. The third-order valence-corrected chi connectivity index (χ3v) is 2.80. The van der Waals surface area contributed by atoms with Crippen molar-refractivity contribution in [3.63, 3.8) is 0 Å². The molecule has 1 rings (SSSR count). The van der Waals surface area contributed by atoms with E-state index in [-0.39, 0.29) is 6.10 Å². The van der Waals surface area contributed by atoms with Gasteiger partial charge < -0.3 is 10.1 Å². The van der Waals surface area contributed by atoms with E-state index in [4.69, 9.17) is 4.74 Å². The third kappa shape index (κ3) is 2.98. The first kappa shape index (κ1) is 13.0. The zero-order chi connectivity index (χ0) is 12.1. The second-order valence-electron chi connectivity index (χ2n) is 4.08. The van der Waals surface area contributed by atoms with E-state index in [1.165, 1.54) is 0 Å². The lowest BCUT2D eigenvalue weighted by molar-refractivity contribution is 0.191. The molecular weight excluding hydrogens is 202 g/mol. The van der Waals surface area contributed by atoms with Crippen molar-refractivity contribution in [2.75, 3.05) is 13.1 Å². The lowest BCUT2D eigenvalue weighted by atomic mass is 10.2. The summed E-state index contributed by atoms with van der Waals surface area (Å²) in [5.74, 6) is 0.937. The summed E-state index contributed by atoms with van der Waals surface area (Å²) < 4.78 is 7.87. The van der Waals surface area contributed by atoms with E-state index in [1.54, 1.807) is 0 Å².